The van der Waals surface area contributed by atoms with Gasteiger partial charge in [0.2, 0.25) is 5.75 Å². The van der Waals surface area contributed by atoms with E-state index in [4.69, 9.17) is 14.2 Å². The number of hydrogen-bond donors (Lipinski definition) is 0. The Labute approximate surface area is 145 Å². The van der Waals surface area contributed by atoms with Crippen LogP contribution in [0.5, 0.6) is 17.2 Å². The molecule has 0 aliphatic carbocycles. The first-order chi connectivity index (χ1) is 12.0. The van der Waals surface area contributed by atoms with Crippen LogP contribution in [0.4, 0.5) is 5.69 Å². The average molecular weight is 345 g/mol. The third-order valence-electron chi connectivity index (χ3n) is 3.93. The number of ether oxygens (including phenoxy) is 3. The highest BCUT2D eigenvalue weighted by atomic mass is 16.6. The van der Waals surface area contributed by atoms with Gasteiger partial charge in [-0.15, -0.1) is 0 Å². The Morgan fingerprint density at radius 1 is 1.00 bits per heavy atom. The maximum Gasteiger partial charge on any atom is 0.269 e. The lowest BCUT2D eigenvalue weighted by Gasteiger charge is -2.19. The van der Waals surface area contributed by atoms with Crippen LogP contribution in [0.25, 0.3) is 0 Å². The van der Waals surface area contributed by atoms with Crippen molar-refractivity contribution in [1.29, 1.82) is 0 Å². The molecule has 0 saturated heterocycles. The summed E-state index contributed by atoms with van der Waals surface area (Å²) in [6.45, 7) is 0. The van der Waals surface area contributed by atoms with E-state index in [2.05, 4.69) is 0 Å². The summed E-state index contributed by atoms with van der Waals surface area (Å²) in [5, 5.41) is 10.8. The van der Waals surface area contributed by atoms with E-state index in [1.54, 1.807) is 24.3 Å². The zero-order chi connectivity index (χ0) is 18.4. The van der Waals surface area contributed by atoms with Gasteiger partial charge in [-0.05, 0) is 23.3 Å². The molecular formula is C18H19NO6. The van der Waals surface area contributed by atoms with Crippen molar-refractivity contribution in [3.63, 3.8) is 0 Å². The van der Waals surface area contributed by atoms with Crippen molar-refractivity contribution < 1.29 is 23.9 Å². The Balaban J connectivity index is 2.52. The van der Waals surface area contributed by atoms with E-state index in [-0.39, 0.29) is 18.0 Å². The first-order valence-corrected chi connectivity index (χ1v) is 7.53. The molecule has 0 amide bonds. The van der Waals surface area contributed by atoms with Crippen molar-refractivity contribution in [2.24, 2.45) is 0 Å². The van der Waals surface area contributed by atoms with Crippen LogP contribution in [0.1, 0.15) is 23.5 Å². The van der Waals surface area contributed by atoms with Crippen LogP contribution in [0.15, 0.2) is 36.4 Å². The Kier molecular flexibility index (Phi) is 5.94. The smallest absolute Gasteiger partial charge is 0.269 e. The molecule has 0 fully saturated rings. The number of non-ortho nitro benzene ring substituents is 1. The van der Waals surface area contributed by atoms with Crippen LogP contribution in [-0.4, -0.2) is 32.5 Å². The summed E-state index contributed by atoms with van der Waals surface area (Å²) in [6, 6.07) is 9.69. The van der Waals surface area contributed by atoms with Gasteiger partial charge in [-0.3, -0.25) is 10.1 Å². The summed E-state index contributed by atoms with van der Waals surface area (Å²) < 4.78 is 16.0. The lowest BCUT2D eigenvalue weighted by atomic mass is 9.88. The highest BCUT2D eigenvalue weighted by molar-refractivity contribution is 5.59. The number of methoxy groups -OCH3 is 3. The largest absolute Gasteiger partial charge is 0.493 e. The van der Waals surface area contributed by atoms with Gasteiger partial charge >= 0.3 is 0 Å². The molecular weight excluding hydrogens is 326 g/mol. The van der Waals surface area contributed by atoms with E-state index in [0.717, 1.165) is 17.4 Å². The van der Waals surface area contributed by atoms with Crippen LogP contribution in [0.3, 0.4) is 0 Å². The quantitative estimate of drug-likeness (QED) is 0.414. The Hall–Kier alpha value is -3.09. The fraction of sp³-hybridized carbons (Fsp3) is 0.278. The Morgan fingerprint density at radius 2 is 1.56 bits per heavy atom. The van der Waals surface area contributed by atoms with Crippen molar-refractivity contribution in [3.8, 4) is 17.2 Å². The van der Waals surface area contributed by atoms with Crippen LogP contribution in [-0.2, 0) is 4.79 Å². The Morgan fingerprint density at radius 3 is 1.96 bits per heavy atom. The third-order valence-corrected chi connectivity index (χ3v) is 3.93. The first-order valence-electron chi connectivity index (χ1n) is 7.53. The van der Waals surface area contributed by atoms with E-state index in [9.17, 15) is 14.9 Å². The van der Waals surface area contributed by atoms with Crippen molar-refractivity contribution in [1.82, 2.24) is 0 Å². The van der Waals surface area contributed by atoms with Gasteiger partial charge in [-0.2, -0.15) is 0 Å². The second-order valence-electron chi connectivity index (χ2n) is 5.26. The summed E-state index contributed by atoms with van der Waals surface area (Å²) in [4.78, 5) is 21.5. The predicted octanol–water partition coefficient (Wildman–Crippen LogP) is 3.34. The minimum absolute atomic E-state index is 0.00139. The third kappa shape index (κ3) is 3.88. The summed E-state index contributed by atoms with van der Waals surface area (Å²) in [6.07, 6.45) is 1.03. The van der Waals surface area contributed by atoms with Gasteiger partial charge in [-0.1, -0.05) is 12.1 Å². The van der Waals surface area contributed by atoms with Gasteiger partial charge in [0.25, 0.3) is 5.69 Å². The van der Waals surface area contributed by atoms with Gasteiger partial charge in [0, 0.05) is 24.5 Å². The fourth-order valence-corrected chi connectivity index (χ4v) is 2.69. The zero-order valence-electron chi connectivity index (χ0n) is 14.2. The van der Waals surface area contributed by atoms with E-state index < -0.39 is 4.92 Å². The first kappa shape index (κ1) is 18.3. The number of nitrogens with zero attached hydrogens (tertiary/aromatic N) is 1. The molecule has 0 aliphatic rings. The molecule has 0 N–H and O–H groups in total. The monoisotopic (exact) mass is 345 g/mol. The SMILES string of the molecule is COc1cc(C(CC=O)c2ccc([N+](=O)[O-])cc2)cc(OC)c1OC. The zero-order valence-corrected chi connectivity index (χ0v) is 14.2. The highest BCUT2D eigenvalue weighted by Gasteiger charge is 2.21. The standard InChI is InChI=1S/C18H19NO6/c1-23-16-10-13(11-17(24-2)18(16)25-3)15(8-9-20)12-4-6-14(7-5-12)19(21)22/h4-7,9-11,15H,8H2,1-3H3. The van der Waals surface area contributed by atoms with E-state index >= 15 is 0 Å². The summed E-state index contributed by atoms with van der Waals surface area (Å²) in [7, 11) is 4.54. The number of aldehydes is 1. The molecule has 0 spiro atoms. The number of carbonyl (C=O) groups excluding carboxylic acids is 1. The van der Waals surface area contributed by atoms with Gasteiger partial charge in [-0.25, -0.2) is 0 Å². The van der Waals surface area contributed by atoms with Gasteiger partial charge in [0.1, 0.15) is 6.29 Å². The maximum absolute atomic E-state index is 11.2. The van der Waals surface area contributed by atoms with Crippen LogP contribution in [0, 0.1) is 10.1 Å². The Bertz CT molecular complexity index is 732. The summed E-state index contributed by atoms with van der Waals surface area (Å²) in [5.41, 5.74) is 1.57. The predicted molar refractivity (Wildman–Crippen MR) is 91.7 cm³/mol. The summed E-state index contributed by atoms with van der Waals surface area (Å²) in [5.74, 6) is 1.14. The summed E-state index contributed by atoms with van der Waals surface area (Å²) >= 11 is 0. The average Bonchev–Trinajstić information content (AvgIpc) is 2.64. The fourth-order valence-electron chi connectivity index (χ4n) is 2.69. The molecule has 0 heterocycles. The molecule has 25 heavy (non-hydrogen) atoms. The van der Waals surface area contributed by atoms with Crippen molar-refractivity contribution in [3.05, 3.63) is 57.6 Å². The maximum atomic E-state index is 11.2. The molecule has 132 valence electrons. The number of hydrogen-bond acceptors (Lipinski definition) is 6. The number of nitro groups is 1. The van der Waals surface area contributed by atoms with Crippen LogP contribution < -0.4 is 14.2 Å². The molecule has 0 saturated carbocycles. The molecule has 0 bridgehead atoms. The molecule has 7 nitrogen and oxygen atoms in total. The molecule has 7 heteroatoms. The number of rotatable bonds is 8. The van der Waals surface area contributed by atoms with E-state index in [0.29, 0.717) is 17.2 Å². The van der Waals surface area contributed by atoms with Crippen molar-refractivity contribution >= 4 is 12.0 Å². The van der Waals surface area contributed by atoms with Crippen LogP contribution in [0.2, 0.25) is 0 Å². The second kappa shape index (κ2) is 8.14. The molecule has 0 aromatic heterocycles. The minimum atomic E-state index is -0.460. The molecule has 2 rings (SSSR count). The van der Waals surface area contributed by atoms with E-state index in [1.807, 2.05) is 0 Å². The molecule has 2 aromatic rings. The number of nitro benzene ring substituents is 1. The molecule has 1 unspecified atom stereocenters. The molecule has 0 radical (unpaired) electrons. The lowest BCUT2D eigenvalue weighted by molar-refractivity contribution is -0.384. The normalized spacial score (nSPS) is 11.5. The highest BCUT2D eigenvalue weighted by Crippen LogP contribution is 2.42. The van der Waals surface area contributed by atoms with E-state index in [1.165, 1.54) is 33.5 Å². The number of benzene rings is 2. The lowest BCUT2D eigenvalue weighted by Crippen LogP contribution is -2.05. The number of carbonyl (C=O) groups is 1. The topological polar surface area (TPSA) is 87.9 Å². The van der Waals surface area contributed by atoms with Crippen LogP contribution >= 0.6 is 0 Å². The second-order valence-corrected chi connectivity index (χ2v) is 5.26. The van der Waals surface area contributed by atoms with Gasteiger partial charge < -0.3 is 19.0 Å². The van der Waals surface area contributed by atoms with Crippen molar-refractivity contribution in [2.45, 2.75) is 12.3 Å². The molecule has 0 aliphatic heterocycles. The van der Waals surface area contributed by atoms with Gasteiger partial charge in [0.15, 0.2) is 11.5 Å². The minimum Gasteiger partial charge on any atom is -0.493 e. The van der Waals surface area contributed by atoms with Crippen molar-refractivity contribution in [2.75, 3.05) is 21.3 Å². The van der Waals surface area contributed by atoms with Gasteiger partial charge in [0.05, 0.1) is 26.3 Å². The molecule has 1 atom stereocenters. The molecule has 2 aromatic carbocycles.